The summed E-state index contributed by atoms with van der Waals surface area (Å²) in [7, 11) is 0. The van der Waals surface area contributed by atoms with Crippen molar-refractivity contribution in [1.82, 2.24) is 20.0 Å². The Bertz CT molecular complexity index is 1060. The molecule has 31 heavy (non-hydrogen) atoms. The highest BCUT2D eigenvalue weighted by atomic mass is 16.7. The van der Waals surface area contributed by atoms with E-state index in [2.05, 4.69) is 17.2 Å². The highest BCUT2D eigenvalue weighted by molar-refractivity contribution is 6.06. The number of benzene rings is 1. The molecule has 0 bridgehead atoms. The molecule has 0 saturated carbocycles. The molecule has 0 saturated heterocycles. The number of carbonyl (C=O) groups excluding carboxylic acids is 2. The van der Waals surface area contributed by atoms with Crippen LogP contribution < -0.4 is 15.9 Å². The van der Waals surface area contributed by atoms with Gasteiger partial charge in [0.2, 0.25) is 5.91 Å². The number of rotatable bonds is 12. The second kappa shape index (κ2) is 10.7. The second-order valence-electron chi connectivity index (χ2n) is 7.60. The van der Waals surface area contributed by atoms with E-state index in [4.69, 9.17) is 15.6 Å². The lowest BCUT2D eigenvalue weighted by molar-refractivity contribution is -0.125. The number of carbonyl (C=O) groups is 2. The molecule has 1 amide bonds. The Kier molecular flexibility index (Phi) is 7.81. The summed E-state index contributed by atoms with van der Waals surface area (Å²) in [4.78, 5) is 38.5. The fraction of sp³-hybridized carbons (Fsp3) is 0.478. The molecule has 0 aliphatic rings. The van der Waals surface area contributed by atoms with Gasteiger partial charge in [-0.1, -0.05) is 38.5 Å². The molecule has 2 heterocycles. The smallest absolute Gasteiger partial charge is 0.220 e. The van der Waals surface area contributed by atoms with Crippen LogP contribution in [0.15, 0.2) is 24.3 Å². The topological polar surface area (TPSA) is 112 Å². The van der Waals surface area contributed by atoms with Crippen molar-refractivity contribution in [2.75, 3.05) is 18.9 Å². The lowest BCUT2D eigenvalue weighted by atomic mass is 10.2. The first-order valence-electron chi connectivity index (χ1n) is 11.0. The van der Waals surface area contributed by atoms with Crippen molar-refractivity contribution in [3.8, 4) is 0 Å². The van der Waals surface area contributed by atoms with Gasteiger partial charge in [0.05, 0.1) is 12.1 Å². The first kappa shape index (κ1) is 22.5. The molecule has 1 aromatic carbocycles. The summed E-state index contributed by atoms with van der Waals surface area (Å²) in [5, 5.41) is 3.56. The highest BCUT2D eigenvalue weighted by Crippen LogP contribution is 2.28. The third-order valence-corrected chi connectivity index (χ3v) is 5.17. The number of aromatic nitrogens is 3. The average molecular weight is 426 g/mol. The molecule has 0 fully saturated rings. The number of nitrogens with zero attached hydrogens (tertiary/aromatic N) is 3. The van der Waals surface area contributed by atoms with Crippen LogP contribution in [0.4, 0.5) is 5.82 Å². The van der Waals surface area contributed by atoms with Gasteiger partial charge < -0.3 is 15.9 Å². The van der Waals surface area contributed by atoms with Crippen molar-refractivity contribution in [1.29, 1.82) is 0 Å². The molecule has 3 aromatic rings. The third-order valence-electron chi connectivity index (χ3n) is 5.17. The number of hydrogen-bond acceptors (Lipinski definition) is 6. The largest absolute Gasteiger partial charge is 0.412 e. The van der Waals surface area contributed by atoms with E-state index in [1.54, 1.807) is 11.7 Å². The number of Topliss-reactive ketones (excluding diaryl/α,β-unsaturated/α-hetero) is 1. The maximum absolute atomic E-state index is 11.9. The summed E-state index contributed by atoms with van der Waals surface area (Å²) in [6.07, 6.45) is 5.05. The van der Waals surface area contributed by atoms with Gasteiger partial charge in [0, 0.05) is 24.6 Å². The summed E-state index contributed by atoms with van der Waals surface area (Å²) in [5.41, 5.74) is 8.50. The van der Waals surface area contributed by atoms with Gasteiger partial charge in [-0.25, -0.2) is 9.97 Å². The minimum Gasteiger partial charge on any atom is -0.412 e. The van der Waals surface area contributed by atoms with Crippen molar-refractivity contribution in [2.24, 2.45) is 0 Å². The number of anilines is 1. The van der Waals surface area contributed by atoms with Crippen molar-refractivity contribution >= 4 is 39.4 Å². The van der Waals surface area contributed by atoms with Crippen LogP contribution in [0.5, 0.6) is 0 Å². The maximum atomic E-state index is 11.9. The average Bonchev–Trinajstić information content (AvgIpc) is 3.15. The van der Waals surface area contributed by atoms with Crippen molar-refractivity contribution in [3.63, 3.8) is 0 Å². The summed E-state index contributed by atoms with van der Waals surface area (Å²) in [6.45, 7) is 4.45. The summed E-state index contributed by atoms with van der Waals surface area (Å²) in [6, 6.07) is 7.82. The van der Waals surface area contributed by atoms with Crippen LogP contribution in [0.3, 0.4) is 0 Å². The Morgan fingerprint density at radius 2 is 1.94 bits per heavy atom. The number of amides is 1. The molecule has 0 spiro atoms. The SMILES string of the molecule is CCCCc1nc2c(N)nc3ccccc3c2n1OCCCCC(=O)CNC(=O)CC. The number of nitrogens with two attached hydrogens (primary N) is 1. The molecule has 0 unspecified atom stereocenters. The molecule has 3 rings (SSSR count). The van der Waals surface area contributed by atoms with Crippen LogP contribution in [0.2, 0.25) is 0 Å². The van der Waals surface area contributed by atoms with Gasteiger partial charge in [-0.15, -0.1) is 0 Å². The van der Waals surface area contributed by atoms with Gasteiger partial charge in [-0.05, 0) is 25.3 Å². The standard InChI is InChI=1S/C23H31N5O3/c1-3-5-13-19-27-21-22(17-11-6-7-12-18(17)26-23(21)24)28(19)31-14-9-8-10-16(29)15-25-20(30)4-2/h6-7,11-12H,3-5,8-10,13-15H2,1-2H3,(H2,24,26)(H,25,30). The van der Waals surface area contributed by atoms with Crippen LogP contribution in [0.1, 0.15) is 58.2 Å². The fourth-order valence-electron chi connectivity index (χ4n) is 3.44. The van der Waals surface area contributed by atoms with Crippen LogP contribution >= 0.6 is 0 Å². The summed E-state index contributed by atoms with van der Waals surface area (Å²) < 4.78 is 1.80. The van der Waals surface area contributed by atoms with E-state index in [0.717, 1.165) is 47.9 Å². The van der Waals surface area contributed by atoms with Gasteiger partial charge in [-0.3, -0.25) is 9.59 Å². The zero-order chi connectivity index (χ0) is 22.2. The Hall–Kier alpha value is -3.16. The van der Waals surface area contributed by atoms with Gasteiger partial charge >= 0.3 is 0 Å². The lowest BCUT2D eigenvalue weighted by Crippen LogP contribution is -2.28. The number of hydrogen-bond donors (Lipinski definition) is 2. The number of imidazole rings is 1. The number of nitrogens with one attached hydrogen (secondary N) is 1. The van der Waals surface area contributed by atoms with E-state index in [-0.39, 0.29) is 18.2 Å². The van der Waals surface area contributed by atoms with E-state index in [1.165, 1.54) is 0 Å². The quantitative estimate of drug-likeness (QED) is 0.431. The van der Waals surface area contributed by atoms with Gasteiger partial charge in [0.25, 0.3) is 0 Å². The molecule has 3 N–H and O–H groups in total. The highest BCUT2D eigenvalue weighted by Gasteiger charge is 2.18. The van der Waals surface area contributed by atoms with E-state index in [9.17, 15) is 9.59 Å². The molecule has 8 nitrogen and oxygen atoms in total. The van der Waals surface area contributed by atoms with E-state index >= 15 is 0 Å². The van der Waals surface area contributed by atoms with Crippen LogP contribution in [-0.2, 0) is 16.0 Å². The molecule has 0 atom stereocenters. The van der Waals surface area contributed by atoms with E-state index < -0.39 is 0 Å². The Morgan fingerprint density at radius 1 is 1.13 bits per heavy atom. The summed E-state index contributed by atoms with van der Waals surface area (Å²) in [5.74, 6) is 1.15. The molecule has 0 aliphatic heterocycles. The van der Waals surface area contributed by atoms with E-state index in [0.29, 0.717) is 37.2 Å². The monoisotopic (exact) mass is 425 g/mol. The van der Waals surface area contributed by atoms with Crippen molar-refractivity contribution in [2.45, 2.75) is 58.8 Å². The van der Waals surface area contributed by atoms with Gasteiger partial charge in [0.15, 0.2) is 11.6 Å². The molecule has 166 valence electrons. The first-order valence-corrected chi connectivity index (χ1v) is 11.0. The van der Waals surface area contributed by atoms with Gasteiger partial charge in [-0.2, -0.15) is 4.73 Å². The number of fused-ring (bicyclic) bond motifs is 3. The summed E-state index contributed by atoms with van der Waals surface area (Å²) >= 11 is 0. The predicted molar refractivity (Wildman–Crippen MR) is 122 cm³/mol. The first-order chi connectivity index (χ1) is 15.0. The molecular weight excluding hydrogens is 394 g/mol. The van der Waals surface area contributed by atoms with Crippen LogP contribution in [0.25, 0.3) is 21.9 Å². The van der Waals surface area contributed by atoms with Crippen LogP contribution in [-0.4, -0.2) is 39.5 Å². The minimum atomic E-state index is -0.107. The second-order valence-corrected chi connectivity index (χ2v) is 7.60. The normalized spacial score (nSPS) is 11.2. The van der Waals surface area contributed by atoms with Crippen molar-refractivity contribution < 1.29 is 14.4 Å². The zero-order valence-corrected chi connectivity index (χ0v) is 18.3. The maximum Gasteiger partial charge on any atom is 0.220 e. The number of pyridine rings is 1. The number of ketones is 1. The Labute approximate surface area is 182 Å². The molecule has 0 aliphatic carbocycles. The van der Waals surface area contributed by atoms with E-state index in [1.807, 2.05) is 24.3 Å². The van der Waals surface area contributed by atoms with Crippen molar-refractivity contribution in [3.05, 3.63) is 30.1 Å². The van der Waals surface area contributed by atoms with Crippen LogP contribution in [0, 0.1) is 0 Å². The molecule has 8 heteroatoms. The predicted octanol–water partition coefficient (Wildman–Crippen LogP) is 3.20. The molecule has 2 aromatic heterocycles. The number of para-hydroxylation sites is 1. The molecular formula is C23H31N5O3. The Balaban J connectivity index is 1.70. The van der Waals surface area contributed by atoms with Gasteiger partial charge in [0.1, 0.15) is 23.5 Å². The number of unbranched alkanes of at least 4 members (excludes halogenated alkanes) is 2. The lowest BCUT2D eigenvalue weighted by Gasteiger charge is -2.12. The number of nitrogen functional groups attached to an aromatic ring is 1. The zero-order valence-electron chi connectivity index (χ0n) is 18.3. The number of aryl methyl sites for hydroxylation is 1. The Morgan fingerprint density at radius 3 is 2.71 bits per heavy atom. The third kappa shape index (κ3) is 5.51. The molecule has 0 radical (unpaired) electrons. The minimum absolute atomic E-state index is 0.0309. The fourth-order valence-corrected chi connectivity index (χ4v) is 3.44.